The molecule has 0 aromatic heterocycles. The molecule has 0 aromatic carbocycles. The Bertz CT molecular complexity index is 112. The van der Waals surface area contributed by atoms with Crippen LogP contribution < -0.4 is 0 Å². The van der Waals surface area contributed by atoms with Crippen molar-refractivity contribution < 1.29 is 5.11 Å². The second-order valence-corrected chi connectivity index (χ2v) is 4.17. The fourth-order valence-corrected chi connectivity index (χ4v) is 2.42. The molecule has 1 fully saturated rings. The lowest BCUT2D eigenvalue weighted by Crippen LogP contribution is -2.15. The third-order valence-corrected chi connectivity index (χ3v) is 3.24. The molecular weight excluding hydrogens is 148 g/mol. The highest BCUT2D eigenvalue weighted by Crippen LogP contribution is 2.33. The van der Waals surface area contributed by atoms with Crippen LogP contribution in [0.5, 0.6) is 0 Å². The molecule has 2 unspecified atom stereocenters. The predicted octanol–water partition coefficient (Wildman–Crippen LogP) is 2.98. The van der Waals surface area contributed by atoms with E-state index in [0.717, 1.165) is 18.3 Å². The van der Waals surface area contributed by atoms with Gasteiger partial charge in [0, 0.05) is 6.61 Å². The van der Waals surface area contributed by atoms with Gasteiger partial charge in [-0.05, 0) is 31.1 Å². The van der Waals surface area contributed by atoms with Crippen LogP contribution in [0.1, 0.15) is 51.9 Å². The molecule has 0 spiro atoms. The molecule has 2 atom stereocenters. The first kappa shape index (κ1) is 10.0. The van der Waals surface area contributed by atoms with Gasteiger partial charge in [-0.2, -0.15) is 0 Å². The summed E-state index contributed by atoms with van der Waals surface area (Å²) >= 11 is 0. The molecule has 0 saturated heterocycles. The Morgan fingerprint density at radius 1 is 1.25 bits per heavy atom. The number of aliphatic hydroxyl groups excluding tert-OH is 1. The van der Waals surface area contributed by atoms with Crippen molar-refractivity contribution in [2.75, 3.05) is 6.61 Å². The lowest BCUT2D eigenvalue weighted by Gasteiger charge is -2.28. The van der Waals surface area contributed by atoms with Gasteiger partial charge < -0.3 is 5.11 Å². The number of hydrogen-bond donors (Lipinski definition) is 1. The molecule has 0 amide bonds. The molecule has 1 aliphatic rings. The molecule has 0 radical (unpaired) electrons. The monoisotopic (exact) mass is 170 g/mol. The zero-order valence-corrected chi connectivity index (χ0v) is 8.26. The smallest absolute Gasteiger partial charge is 0.0431 e. The molecule has 12 heavy (non-hydrogen) atoms. The van der Waals surface area contributed by atoms with E-state index in [1.165, 1.54) is 38.5 Å². The first-order valence-corrected chi connectivity index (χ1v) is 5.47. The van der Waals surface area contributed by atoms with Gasteiger partial charge in [0.1, 0.15) is 0 Å². The van der Waals surface area contributed by atoms with Crippen molar-refractivity contribution in [3.05, 3.63) is 0 Å². The summed E-state index contributed by atoms with van der Waals surface area (Å²) in [5.74, 6) is 1.92. The molecule has 0 bridgehead atoms. The Hall–Kier alpha value is -0.0400. The number of rotatable bonds is 4. The van der Waals surface area contributed by atoms with Crippen LogP contribution in [-0.2, 0) is 0 Å². The largest absolute Gasteiger partial charge is 0.396 e. The van der Waals surface area contributed by atoms with E-state index in [1.54, 1.807) is 0 Å². The molecular formula is C11H22O. The molecule has 1 nitrogen and oxygen atoms in total. The molecule has 1 rings (SSSR count). The SMILES string of the molecule is CCC1CCCC(CCCO)C1. The van der Waals surface area contributed by atoms with Crippen molar-refractivity contribution in [3.63, 3.8) is 0 Å². The van der Waals surface area contributed by atoms with Gasteiger partial charge in [-0.1, -0.05) is 32.6 Å². The Morgan fingerprint density at radius 2 is 2.00 bits per heavy atom. The second-order valence-electron chi connectivity index (χ2n) is 4.17. The van der Waals surface area contributed by atoms with Crippen LogP contribution in [-0.4, -0.2) is 11.7 Å². The maximum absolute atomic E-state index is 8.72. The van der Waals surface area contributed by atoms with Crippen LogP contribution >= 0.6 is 0 Å². The summed E-state index contributed by atoms with van der Waals surface area (Å²) < 4.78 is 0. The zero-order chi connectivity index (χ0) is 8.81. The van der Waals surface area contributed by atoms with E-state index in [0.29, 0.717) is 6.61 Å². The topological polar surface area (TPSA) is 20.2 Å². The maximum Gasteiger partial charge on any atom is 0.0431 e. The molecule has 1 heteroatoms. The third-order valence-electron chi connectivity index (χ3n) is 3.24. The van der Waals surface area contributed by atoms with E-state index in [1.807, 2.05) is 0 Å². The predicted molar refractivity (Wildman–Crippen MR) is 52.1 cm³/mol. The fourth-order valence-electron chi connectivity index (χ4n) is 2.42. The average Bonchev–Trinajstić information content (AvgIpc) is 2.15. The zero-order valence-electron chi connectivity index (χ0n) is 8.26. The van der Waals surface area contributed by atoms with Crippen molar-refractivity contribution in [1.82, 2.24) is 0 Å². The van der Waals surface area contributed by atoms with E-state index < -0.39 is 0 Å². The minimum Gasteiger partial charge on any atom is -0.396 e. The van der Waals surface area contributed by atoms with E-state index in [-0.39, 0.29) is 0 Å². The summed E-state index contributed by atoms with van der Waals surface area (Å²) in [6.45, 7) is 2.69. The quantitative estimate of drug-likeness (QED) is 0.687. The average molecular weight is 170 g/mol. The Balaban J connectivity index is 2.16. The molecule has 1 saturated carbocycles. The fraction of sp³-hybridized carbons (Fsp3) is 1.00. The van der Waals surface area contributed by atoms with Crippen LogP contribution in [0.4, 0.5) is 0 Å². The van der Waals surface area contributed by atoms with Gasteiger partial charge in [0.2, 0.25) is 0 Å². The molecule has 0 heterocycles. The summed E-state index contributed by atoms with van der Waals surface area (Å²) in [6, 6.07) is 0. The Labute approximate surface area is 76.2 Å². The minimum absolute atomic E-state index is 0.382. The van der Waals surface area contributed by atoms with Gasteiger partial charge in [-0.15, -0.1) is 0 Å². The van der Waals surface area contributed by atoms with Crippen LogP contribution in [0, 0.1) is 11.8 Å². The molecule has 0 aliphatic heterocycles. The molecule has 72 valence electrons. The van der Waals surface area contributed by atoms with E-state index in [4.69, 9.17) is 5.11 Å². The highest BCUT2D eigenvalue weighted by molar-refractivity contribution is 4.72. The van der Waals surface area contributed by atoms with Crippen molar-refractivity contribution in [2.24, 2.45) is 11.8 Å². The van der Waals surface area contributed by atoms with Gasteiger partial charge in [0.25, 0.3) is 0 Å². The highest BCUT2D eigenvalue weighted by Gasteiger charge is 2.19. The van der Waals surface area contributed by atoms with Crippen LogP contribution in [0.3, 0.4) is 0 Å². The summed E-state index contributed by atoms with van der Waals surface area (Å²) in [5.41, 5.74) is 0. The van der Waals surface area contributed by atoms with E-state index in [2.05, 4.69) is 6.92 Å². The van der Waals surface area contributed by atoms with Gasteiger partial charge in [-0.25, -0.2) is 0 Å². The van der Waals surface area contributed by atoms with Crippen molar-refractivity contribution in [3.8, 4) is 0 Å². The van der Waals surface area contributed by atoms with E-state index in [9.17, 15) is 0 Å². The third kappa shape index (κ3) is 3.14. The number of aliphatic hydroxyl groups is 1. The number of hydrogen-bond acceptors (Lipinski definition) is 1. The standard InChI is InChI=1S/C11H22O/c1-2-10-5-3-6-11(9-10)7-4-8-12/h10-12H,2-9H2,1H3. The van der Waals surface area contributed by atoms with Crippen molar-refractivity contribution in [1.29, 1.82) is 0 Å². The molecule has 1 aliphatic carbocycles. The second kappa shape index (κ2) is 5.58. The van der Waals surface area contributed by atoms with E-state index >= 15 is 0 Å². The summed E-state index contributed by atoms with van der Waals surface area (Å²) in [7, 11) is 0. The van der Waals surface area contributed by atoms with Gasteiger partial charge in [0.05, 0.1) is 0 Å². The van der Waals surface area contributed by atoms with Crippen LogP contribution in [0.25, 0.3) is 0 Å². The molecule has 0 aromatic rings. The Kier molecular flexibility index (Phi) is 4.67. The van der Waals surface area contributed by atoms with Crippen molar-refractivity contribution in [2.45, 2.75) is 51.9 Å². The maximum atomic E-state index is 8.72. The Morgan fingerprint density at radius 3 is 2.67 bits per heavy atom. The normalized spacial score (nSPS) is 30.5. The highest BCUT2D eigenvalue weighted by atomic mass is 16.2. The van der Waals surface area contributed by atoms with Crippen molar-refractivity contribution >= 4 is 0 Å². The summed E-state index contributed by atoms with van der Waals surface area (Å²) in [6.07, 6.45) is 9.34. The van der Waals surface area contributed by atoms with Crippen LogP contribution in [0.2, 0.25) is 0 Å². The van der Waals surface area contributed by atoms with Gasteiger partial charge >= 0.3 is 0 Å². The summed E-state index contributed by atoms with van der Waals surface area (Å²) in [4.78, 5) is 0. The summed E-state index contributed by atoms with van der Waals surface area (Å²) in [5, 5.41) is 8.72. The van der Waals surface area contributed by atoms with Gasteiger partial charge in [0.15, 0.2) is 0 Å². The first-order valence-electron chi connectivity index (χ1n) is 5.47. The minimum atomic E-state index is 0.382. The lowest BCUT2D eigenvalue weighted by molar-refractivity contribution is 0.219. The first-order chi connectivity index (χ1) is 5.86. The molecule has 1 N–H and O–H groups in total. The van der Waals surface area contributed by atoms with Gasteiger partial charge in [-0.3, -0.25) is 0 Å². The lowest BCUT2D eigenvalue weighted by atomic mass is 9.78. The van der Waals surface area contributed by atoms with Crippen LogP contribution in [0.15, 0.2) is 0 Å².